The van der Waals surface area contributed by atoms with Crippen LogP contribution in [0.1, 0.15) is 10.5 Å². The zero-order valence-corrected chi connectivity index (χ0v) is 11.4. The van der Waals surface area contributed by atoms with E-state index in [0.29, 0.717) is 23.2 Å². The summed E-state index contributed by atoms with van der Waals surface area (Å²) in [6.45, 7) is 0.884. The molecule has 0 aliphatic carbocycles. The lowest BCUT2D eigenvalue weighted by atomic mass is 10.3. The Hall–Kier alpha value is -1.80. The number of carbonyl (C=O) groups is 1. The van der Waals surface area contributed by atoms with Crippen LogP contribution in [0.4, 0.5) is 10.1 Å². The maximum Gasteiger partial charge on any atom is 0.277 e. The van der Waals surface area contributed by atoms with Gasteiger partial charge in [-0.05, 0) is 34.1 Å². The summed E-state index contributed by atoms with van der Waals surface area (Å²) in [4.78, 5) is 11.8. The summed E-state index contributed by atoms with van der Waals surface area (Å²) in [5.41, 5.74) is 5.86. The number of nitrogens with two attached hydrogens (primary N) is 1. The first-order valence-electron chi connectivity index (χ1n) is 5.47. The van der Waals surface area contributed by atoms with Gasteiger partial charge in [0.25, 0.3) is 5.91 Å². The van der Waals surface area contributed by atoms with Gasteiger partial charge in [-0.25, -0.2) is 4.39 Å². The third-order valence-electron chi connectivity index (χ3n) is 2.31. The third kappa shape index (κ3) is 3.36. The van der Waals surface area contributed by atoms with E-state index in [-0.39, 0.29) is 5.69 Å². The van der Waals surface area contributed by atoms with Gasteiger partial charge >= 0.3 is 0 Å². The van der Waals surface area contributed by atoms with E-state index in [1.807, 2.05) is 0 Å². The standard InChI is InChI=1S/C11H11BrFN5O/c12-8-2-1-7(5-9(8)13)15-11(19)10-6-18(4-3-14)17-16-10/h1-2,5-6H,3-4,14H2,(H,15,19). The molecule has 8 heteroatoms. The molecule has 2 rings (SSSR count). The van der Waals surface area contributed by atoms with E-state index in [4.69, 9.17) is 5.73 Å². The third-order valence-corrected chi connectivity index (χ3v) is 2.95. The molecule has 1 amide bonds. The Morgan fingerprint density at radius 1 is 1.53 bits per heavy atom. The van der Waals surface area contributed by atoms with Crippen molar-refractivity contribution in [1.29, 1.82) is 0 Å². The Balaban J connectivity index is 2.09. The second-order valence-corrected chi connectivity index (χ2v) is 4.59. The Morgan fingerprint density at radius 2 is 2.32 bits per heavy atom. The van der Waals surface area contributed by atoms with Crippen molar-refractivity contribution in [2.24, 2.45) is 5.73 Å². The predicted molar refractivity (Wildman–Crippen MR) is 71.1 cm³/mol. The Kier molecular flexibility index (Phi) is 4.23. The molecule has 1 aromatic heterocycles. The van der Waals surface area contributed by atoms with Gasteiger partial charge in [-0.1, -0.05) is 5.21 Å². The number of anilines is 1. The number of hydrogen-bond donors (Lipinski definition) is 2. The zero-order valence-electron chi connectivity index (χ0n) is 9.81. The smallest absolute Gasteiger partial charge is 0.277 e. The summed E-state index contributed by atoms with van der Waals surface area (Å²) < 4.78 is 15.1. The molecule has 6 nitrogen and oxygen atoms in total. The van der Waals surface area contributed by atoms with Crippen LogP contribution in [0.2, 0.25) is 0 Å². The van der Waals surface area contributed by atoms with Crippen molar-refractivity contribution in [1.82, 2.24) is 15.0 Å². The van der Waals surface area contributed by atoms with Gasteiger partial charge in [-0.3, -0.25) is 9.48 Å². The molecule has 1 heterocycles. The molecule has 0 bridgehead atoms. The average molecular weight is 328 g/mol. The molecular weight excluding hydrogens is 317 g/mol. The van der Waals surface area contributed by atoms with Gasteiger partial charge in [0, 0.05) is 12.2 Å². The topological polar surface area (TPSA) is 85.8 Å². The molecule has 0 atom stereocenters. The predicted octanol–water partition coefficient (Wildman–Crippen LogP) is 1.39. The number of amides is 1. The van der Waals surface area contributed by atoms with E-state index in [1.54, 1.807) is 6.07 Å². The number of nitrogens with one attached hydrogen (secondary N) is 1. The van der Waals surface area contributed by atoms with Crippen LogP contribution in [0.15, 0.2) is 28.9 Å². The van der Waals surface area contributed by atoms with Crippen molar-refractivity contribution in [3.63, 3.8) is 0 Å². The highest BCUT2D eigenvalue weighted by atomic mass is 79.9. The highest BCUT2D eigenvalue weighted by Gasteiger charge is 2.11. The van der Waals surface area contributed by atoms with Crippen LogP contribution in [-0.4, -0.2) is 27.4 Å². The molecule has 3 N–H and O–H groups in total. The van der Waals surface area contributed by atoms with Crippen molar-refractivity contribution < 1.29 is 9.18 Å². The van der Waals surface area contributed by atoms with Gasteiger partial charge in [-0.15, -0.1) is 5.10 Å². The van der Waals surface area contributed by atoms with Crippen LogP contribution in [0, 0.1) is 5.82 Å². The van der Waals surface area contributed by atoms with Gasteiger partial charge in [0.1, 0.15) is 5.82 Å². The molecule has 0 aliphatic rings. The number of halogens is 2. The first kappa shape index (κ1) is 13.6. The summed E-state index contributed by atoms with van der Waals surface area (Å²) in [5, 5.41) is 9.99. The van der Waals surface area contributed by atoms with Crippen LogP contribution in [0.25, 0.3) is 0 Å². The molecule has 0 saturated heterocycles. The van der Waals surface area contributed by atoms with Crippen molar-refractivity contribution >= 4 is 27.5 Å². The average Bonchev–Trinajstić information content (AvgIpc) is 2.83. The molecule has 0 radical (unpaired) electrons. The quantitative estimate of drug-likeness (QED) is 0.888. The lowest BCUT2D eigenvalue weighted by molar-refractivity contribution is 0.102. The van der Waals surface area contributed by atoms with Gasteiger partial charge in [0.15, 0.2) is 5.69 Å². The van der Waals surface area contributed by atoms with Crippen molar-refractivity contribution in [2.45, 2.75) is 6.54 Å². The molecule has 0 saturated carbocycles. The molecule has 0 fully saturated rings. The highest BCUT2D eigenvalue weighted by Crippen LogP contribution is 2.19. The highest BCUT2D eigenvalue weighted by molar-refractivity contribution is 9.10. The first-order valence-corrected chi connectivity index (χ1v) is 6.26. The largest absolute Gasteiger partial charge is 0.329 e. The molecule has 100 valence electrons. The van der Waals surface area contributed by atoms with Crippen molar-refractivity contribution in [2.75, 3.05) is 11.9 Å². The number of aromatic nitrogens is 3. The Labute approximate surface area is 116 Å². The molecule has 2 aromatic rings. The molecular formula is C11H11BrFN5O. The summed E-state index contributed by atoms with van der Waals surface area (Å²) in [6.07, 6.45) is 1.48. The SMILES string of the molecule is NCCn1cc(C(=O)Nc2ccc(Br)c(F)c2)nn1. The van der Waals surface area contributed by atoms with Crippen LogP contribution >= 0.6 is 15.9 Å². The summed E-state index contributed by atoms with van der Waals surface area (Å²) in [6, 6.07) is 4.30. The molecule has 0 unspecified atom stereocenters. The Morgan fingerprint density at radius 3 is 3.00 bits per heavy atom. The maximum atomic E-state index is 13.3. The van der Waals surface area contributed by atoms with E-state index in [9.17, 15) is 9.18 Å². The second kappa shape index (κ2) is 5.89. The Bertz CT molecular complexity index is 601. The normalized spacial score (nSPS) is 10.5. The number of benzene rings is 1. The van der Waals surface area contributed by atoms with Gasteiger partial charge in [0.05, 0.1) is 17.2 Å². The van der Waals surface area contributed by atoms with Crippen molar-refractivity contribution in [3.8, 4) is 0 Å². The van der Waals surface area contributed by atoms with Crippen LogP contribution in [0.3, 0.4) is 0 Å². The van der Waals surface area contributed by atoms with E-state index >= 15 is 0 Å². The lowest BCUT2D eigenvalue weighted by Crippen LogP contribution is -2.13. The minimum Gasteiger partial charge on any atom is -0.329 e. The number of nitrogens with zero attached hydrogens (tertiary/aromatic N) is 3. The number of rotatable bonds is 4. The van der Waals surface area contributed by atoms with Gasteiger partial charge in [0.2, 0.25) is 0 Å². The van der Waals surface area contributed by atoms with E-state index in [0.717, 1.165) is 0 Å². The van der Waals surface area contributed by atoms with E-state index in [2.05, 4.69) is 31.6 Å². The van der Waals surface area contributed by atoms with Crippen molar-refractivity contribution in [3.05, 3.63) is 40.4 Å². The monoisotopic (exact) mass is 327 g/mol. The van der Waals surface area contributed by atoms with E-state index < -0.39 is 11.7 Å². The van der Waals surface area contributed by atoms with Gasteiger partial charge in [-0.2, -0.15) is 0 Å². The van der Waals surface area contributed by atoms with Crippen LogP contribution < -0.4 is 11.1 Å². The van der Waals surface area contributed by atoms with Gasteiger partial charge < -0.3 is 11.1 Å². The van der Waals surface area contributed by atoms with Crippen LogP contribution in [0.5, 0.6) is 0 Å². The first-order chi connectivity index (χ1) is 9.10. The second-order valence-electron chi connectivity index (χ2n) is 3.74. The zero-order chi connectivity index (χ0) is 13.8. The fourth-order valence-corrected chi connectivity index (χ4v) is 1.66. The van der Waals surface area contributed by atoms with E-state index in [1.165, 1.54) is 23.0 Å². The molecule has 0 aliphatic heterocycles. The number of carbonyl (C=O) groups excluding carboxylic acids is 1. The fraction of sp³-hybridized carbons (Fsp3) is 0.182. The molecule has 19 heavy (non-hydrogen) atoms. The minimum absolute atomic E-state index is 0.150. The minimum atomic E-state index is -0.454. The number of hydrogen-bond acceptors (Lipinski definition) is 4. The molecule has 0 spiro atoms. The fourth-order valence-electron chi connectivity index (χ4n) is 1.41. The molecule has 1 aromatic carbocycles. The summed E-state index contributed by atoms with van der Waals surface area (Å²) in [5.74, 6) is -0.908. The summed E-state index contributed by atoms with van der Waals surface area (Å²) in [7, 11) is 0. The summed E-state index contributed by atoms with van der Waals surface area (Å²) >= 11 is 3.04. The lowest BCUT2D eigenvalue weighted by Gasteiger charge is -2.03. The van der Waals surface area contributed by atoms with Crippen LogP contribution in [-0.2, 0) is 6.54 Å². The maximum absolute atomic E-state index is 13.3.